The topological polar surface area (TPSA) is 83.7 Å². The SMILES string of the molecule is Cl.Nc1cccc2c1CCCN2C(=O)c1cccc(N2CCCS2(=O)=O)c1. The van der Waals surface area contributed by atoms with Crippen molar-refractivity contribution >= 4 is 45.4 Å². The van der Waals surface area contributed by atoms with Gasteiger partial charge in [0.15, 0.2) is 0 Å². The van der Waals surface area contributed by atoms with Crippen molar-refractivity contribution in [3.8, 4) is 0 Å². The second-order valence-electron chi connectivity index (χ2n) is 6.70. The number of nitrogens with zero attached hydrogens (tertiary/aromatic N) is 2. The van der Waals surface area contributed by atoms with Gasteiger partial charge in [0.25, 0.3) is 5.91 Å². The zero-order valence-electron chi connectivity index (χ0n) is 14.8. The highest BCUT2D eigenvalue weighted by atomic mass is 35.5. The number of sulfonamides is 1. The van der Waals surface area contributed by atoms with Crippen molar-refractivity contribution in [2.24, 2.45) is 0 Å². The van der Waals surface area contributed by atoms with Crippen LogP contribution in [0.3, 0.4) is 0 Å². The molecule has 1 amide bonds. The Bertz CT molecular complexity index is 978. The number of halogens is 1. The molecule has 2 aliphatic heterocycles. The van der Waals surface area contributed by atoms with Crippen molar-refractivity contribution in [3.05, 3.63) is 53.6 Å². The van der Waals surface area contributed by atoms with Gasteiger partial charge in [-0.25, -0.2) is 8.42 Å². The van der Waals surface area contributed by atoms with Crippen LogP contribution in [-0.4, -0.2) is 33.2 Å². The molecule has 2 aromatic rings. The number of anilines is 3. The minimum absolute atomic E-state index is 0. The molecule has 2 aliphatic rings. The predicted octanol–water partition coefficient (Wildman–Crippen LogP) is 2.82. The molecule has 1 saturated heterocycles. The Balaban J connectivity index is 0.00000210. The van der Waals surface area contributed by atoms with E-state index < -0.39 is 10.0 Å². The molecule has 0 spiro atoms. The third-order valence-corrected chi connectivity index (χ3v) is 6.88. The first-order valence-corrected chi connectivity index (χ1v) is 10.4. The zero-order valence-corrected chi connectivity index (χ0v) is 16.4. The van der Waals surface area contributed by atoms with Crippen molar-refractivity contribution in [1.82, 2.24) is 0 Å². The molecule has 0 unspecified atom stereocenters. The first kappa shape index (κ1) is 19.5. The van der Waals surface area contributed by atoms with E-state index in [1.807, 2.05) is 18.2 Å². The summed E-state index contributed by atoms with van der Waals surface area (Å²) in [6.07, 6.45) is 2.32. The number of carbonyl (C=O) groups is 1. The molecule has 0 bridgehead atoms. The Morgan fingerprint density at radius 1 is 1.04 bits per heavy atom. The summed E-state index contributed by atoms with van der Waals surface area (Å²) in [7, 11) is -3.27. The van der Waals surface area contributed by atoms with Crippen LogP contribution in [0, 0.1) is 0 Å². The van der Waals surface area contributed by atoms with E-state index in [0.717, 1.165) is 24.1 Å². The Hall–Kier alpha value is -2.25. The van der Waals surface area contributed by atoms with Gasteiger partial charge in [0, 0.05) is 30.0 Å². The Labute approximate surface area is 165 Å². The number of nitrogen functional groups attached to an aromatic ring is 1. The van der Waals surface area contributed by atoms with Gasteiger partial charge in [-0.05, 0) is 55.2 Å². The molecule has 2 heterocycles. The third kappa shape index (κ3) is 3.49. The van der Waals surface area contributed by atoms with Crippen LogP contribution in [0.25, 0.3) is 0 Å². The molecule has 6 nitrogen and oxygen atoms in total. The zero-order chi connectivity index (χ0) is 18.3. The number of hydrogen-bond acceptors (Lipinski definition) is 4. The van der Waals surface area contributed by atoms with Crippen LogP contribution in [0.1, 0.15) is 28.8 Å². The Kier molecular flexibility index (Phi) is 5.35. The number of fused-ring (bicyclic) bond motifs is 1. The van der Waals surface area contributed by atoms with Crippen molar-refractivity contribution in [1.29, 1.82) is 0 Å². The highest BCUT2D eigenvalue weighted by Crippen LogP contribution is 2.33. The monoisotopic (exact) mass is 407 g/mol. The van der Waals surface area contributed by atoms with Gasteiger partial charge in [-0.15, -0.1) is 12.4 Å². The average Bonchev–Trinajstić information content (AvgIpc) is 3.00. The lowest BCUT2D eigenvalue weighted by molar-refractivity contribution is 0.0985. The van der Waals surface area contributed by atoms with Gasteiger partial charge in [0.1, 0.15) is 0 Å². The maximum Gasteiger partial charge on any atom is 0.258 e. The smallest absolute Gasteiger partial charge is 0.258 e. The molecule has 2 aromatic carbocycles. The number of carbonyl (C=O) groups excluding carboxylic acids is 1. The second kappa shape index (κ2) is 7.40. The van der Waals surface area contributed by atoms with E-state index in [0.29, 0.717) is 36.4 Å². The minimum atomic E-state index is -3.27. The maximum absolute atomic E-state index is 13.1. The van der Waals surface area contributed by atoms with Gasteiger partial charge in [-0.1, -0.05) is 12.1 Å². The van der Waals surface area contributed by atoms with Gasteiger partial charge >= 0.3 is 0 Å². The van der Waals surface area contributed by atoms with Gasteiger partial charge in [0.05, 0.1) is 11.4 Å². The summed E-state index contributed by atoms with van der Waals surface area (Å²) in [4.78, 5) is 14.9. The third-order valence-electron chi connectivity index (χ3n) is 5.01. The molecule has 27 heavy (non-hydrogen) atoms. The number of nitrogens with two attached hydrogens (primary N) is 1. The minimum Gasteiger partial charge on any atom is -0.398 e. The molecule has 0 saturated carbocycles. The molecule has 0 radical (unpaired) electrons. The quantitative estimate of drug-likeness (QED) is 0.776. The summed E-state index contributed by atoms with van der Waals surface area (Å²) in [6.45, 7) is 1.09. The Morgan fingerprint density at radius 3 is 2.56 bits per heavy atom. The molecule has 0 atom stereocenters. The van der Waals surface area contributed by atoms with Crippen molar-refractivity contribution in [3.63, 3.8) is 0 Å². The summed E-state index contributed by atoms with van der Waals surface area (Å²) in [5.74, 6) is 0.0271. The van der Waals surface area contributed by atoms with Crippen molar-refractivity contribution in [2.45, 2.75) is 19.3 Å². The highest BCUT2D eigenvalue weighted by molar-refractivity contribution is 7.93. The number of hydrogen-bond donors (Lipinski definition) is 1. The average molecular weight is 408 g/mol. The van der Waals surface area contributed by atoms with Crippen LogP contribution in [0.2, 0.25) is 0 Å². The first-order chi connectivity index (χ1) is 12.5. The molecule has 4 rings (SSSR count). The second-order valence-corrected chi connectivity index (χ2v) is 8.71. The summed E-state index contributed by atoms with van der Waals surface area (Å²) >= 11 is 0. The molecular weight excluding hydrogens is 386 g/mol. The summed E-state index contributed by atoms with van der Waals surface area (Å²) in [6, 6.07) is 12.5. The highest BCUT2D eigenvalue weighted by Gasteiger charge is 2.30. The van der Waals surface area contributed by atoms with Gasteiger partial charge in [-0.2, -0.15) is 0 Å². The number of amides is 1. The van der Waals surface area contributed by atoms with E-state index in [9.17, 15) is 13.2 Å². The molecule has 0 aromatic heterocycles. The van der Waals surface area contributed by atoms with E-state index in [-0.39, 0.29) is 24.1 Å². The molecular formula is C19H22ClN3O3S. The fourth-order valence-corrected chi connectivity index (χ4v) is 5.30. The van der Waals surface area contributed by atoms with Crippen LogP contribution in [-0.2, 0) is 16.4 Å². The van der Waals surface area contributed by atoms with Gasteiger partial charge < -0.3 is 10.6 Å². The summed E-state index contributed by atoms with van der Waals surface area (Å²) in [5, 5.41) is 0. The van der Waals surface area contributed by atoms with Gasteiger partial charge in [-0.3, -0.25) is 9.10 Å². The summed E-state index contributed by atoms with van der Waals surface area (Å²) in [5.41, 5.74) is 9.67. The predicted molar refractivity (Wildman–Crippen MR) is 110 cm³/mol. The molecule has 1 fully saturated rings. The Morgan fingerprint density at radius 2 is 1.81 bits per heavy atom. The fraction of sp³-hybridized carbons (Fsp3) is 0.316. The molecule has 0 aliphatic carbocycles. The van der Waals surface area contributed by atoms with Gasteiger partial charge in [0.2, 0.25) is 10.0 Å². The van der Waals surface area contributed by atoms with Crippen LogP contribution in [0.5, 0.6) is 0 Å². The van der Waals surface area contributed by atoms with E-state index in [1.54, 1.807) is 29.2 Å². The largest absolute Gasteiger partial charge is 0.398 e. The van der Waals surface area contributed by atoms with Crippen LogP contribution >= 0.6 is 12.4 Å². The normalized spacial score (nSPS) is 17.9. The van der Waals surface area contributed by atoms with Crippen LogP contribution in [0.4, 0.5) is 17.1 Å². The molecule has 2 N–H and O–H groups in total. The first-order valence-electron chi connectivity index (χ1n) is 8.77. The lowest BCUT2D eigenvalue weighted by atomic mass is 9.99. The van der Waals surface area contributed by atoms with Crippen molar-refractivity contribution < 1.29 is 13.2 Å². The summed E-state index contributed by atoms with van der Waals surface area (Å²) < 4.78 is 25.7. The van der Waals surface area contributed by atoms with E-state index in [4.69, 9.17) is 5.73 Å². The molecule has 144 valence electrons. The maximum atomic E-state index is 13.1. The van der Waals surface area contributed by atoms with E-state index in [2.05, 4.69) is 0 Å². The van der Waals surface area contributed by atoms with Crippen LogP contribution < -0.4 is 14.9 Å². The fourth-order valence-electron chi connectivity index (χ4n) is 3.74. The number of rotatable bonds is 2. The van der Waals surface area contributed by atoms with Crippen molar-refractivity contribution in [2.75, 3.05) is 33.8 Å². The standard InChI is InChI=1S/C19H21N3O3S.ClH/c20-17-8-2-9-18-16(17)7-3-10-21(18)19(23)14-5-1-6-15(13-14)22-11-4-12-26(22,24)25;/h1-2,5-6,8-9,13H,3-4,7,10-12,20H2;1H. The van der Waals surface area contributed by atoms with E-state index >= 15 is 0 Å². The lowest BCUT2D eigenvalue weighted by Gasteiger charge is -2.30. The van der Waals surface area contributed by atoms with E-state index in [1.165, 1.54) is 4.31 Å². The van der Waals surface area contributed by atoms with Crippen LogP contribution in [0.15, 0.2) is 42.5 Å². The number of benzene rings is 2. The lowest BCUT2D eigenvalue weighted by Crippen LogP contribution is -2.36. The molecule has 8 heteroatoms.